The predicted octanol–water partition coefficient (Wildman–Crippen LogP) is 3.25. The van der Waals surface area contributed by atoms with Gasteiger partial charge in [0.05, 0.1) is 6.10 Å². The molecule has 2 atom stereocenters. The maximum atomic E-state index is 6.41. The van der Waals surface area contributed by atoms with Gasteiger partial charge in [-0.2, -0.15) is 0 Å². The summed E-state index contributed by atoms with van der Waals surface area (Å²) >= 11 is 0. The van der Waals surface area contributed by atoms with Gasteiger partial charge in [0.1, 0.15) is 0 Å². The fourth-order valence-corrected chi connectivity index (χ4v) is 2.68. The fourth-order valence-electron chi connectivity index (χ4n) is 2.68. The topological polar surface area (TPSA) is 35.2 Å². The molecule has 0 saturated carbocycles. The molecule has 0 aromatic heterocycles. The normalized spacial score (nSPS) is 22.1. The molecule has 1 aromatic carbocycles. The zero-order valence-corrected chi connectivity index (χ0v) is 11.6. The van der Waals surface area contributed by atoms with Crippen LogP contribution < -0.4 is 5.73 Å². The molecule has 1 heterocycles. The van der Waals surface area contributed by atoms with Gasteiger partial charge in [0, 0.05) is 18.1 Å². The summed E-state index contributed by atoms with van der Waals surface area (Å²) in [5, 5.41) is 0. The minimum Gasteiger partial charge on any atom is -0.378 e. The first-order chi connectivity index (χ1) is 8.60. The highest BCUT2D eigenvalue weighted by atomic mass is 16.5. The largest absolute Gasteiger partial charge is 0.378 e. The van der Waals surface area contributed by atoms with Crippen molar-refractivity contribution < 1.29 is 4.74 Å². The van der Waals surface area contributed by atoms with Gasteiger partial charge in [0.15, 0.2) is 0 Å². The van der Waals surface area contributed by atoms with Crippen LogP contribution >= 0.6 is 0 Å². The van der Waals surface area contributed by atoms with Crippen molar-refractivity contribution in [3.05, 3.63) is 35.9 Å². The Balaban J connectivity index is 1.92. The smallest absolute Gasteiger partial charge is 0.0576 e. The Labute approximate surface area is 111 Å². The molecule has 0 bridgehead atoms. The van der Waals surface area contributed by atoms with Crippen LogP contribution in [0, 0.1) is 0 Å². The first kappa shape index (κ1) is 13.6. The standard InChI is InChI=1S/C16H25NO/c1-16(2,13-7-4-3-5-8-13)15(17)11-10-14-9-6-12-18-14/h3-5,7-8,14-15H,6,9-12,17H2,1-2H3. The highest BCUT2D eigenvalue weighted by molar-refractivity contribution is 5.25. The Morgan fingerprint density at radius 2 is 2.06 bits per heavy atom. The Hall–Kier alpha value is -0.860. The molecule has 1 fully saturated rings. The van der Waals surface area contributed by atoms with Gasteiger partial charge in [0.25, 0.3) is 0 Å². The molecule has 0 aliphatic carbocycles. The monoisotopic (exact) mass is 247 g/mol. The van der Waals surface area contributed by atoms with Crippen LogP contribution in [0.1, 0.15) is 45.1 Å². The van der Waals surface area contributed by atoms with Crippen LogP contribution in [0.4, 0.5) is 0 Å². The van der Waals surface area contributed by atoms with E-state index in [1.165, 1.54) is 18.4 Å². The van der Waals surface area contributed by atoms with Crippen LogP contribution in [-0.2, 0) is 10.2 Å². The van der Waals surface area contributed by atoms with E-state index in [1.54, 1.807) is 0 Å². The summed E-state index contributed by atoms with van der Waals surface area (Å²) in [4.78, 5) is 0. The number of ether oxygens (including phenoxy) is 1. The van der Waals surface area contributed by atoms with E-state index in [9.17, 15) is 0 Å². The molecular formula is C16H25NO. The highest BCUT2D eigenvalue weighted by Crippen LogP contribution is 2.29. The lowest BCUT2D eigenvalue weighted by molar-refractivity contribution is 0.0985. The van der Waals surface area contributed by atoms with Crippen molar-refractivity contribution in [2.45, 2.75) is 57.1 Å². The third-order valence-electron chi connectivity index (χ3n) is 4.27. The molecule has 1 aromatic rings. The lowest BCUT2D eigenvalue weighted by Crippen LogP contribution is -2.41. The van der Waals surface area contributed by atoms with Gasteiger partial charge >= 0.3 is 0 Å². The molecule has 2 heteroatoms. The van der Waals surface area contributed by atoms with Gasteiger partial charge in [0.2, 0.25) is 0 Å². The second-order valence-corrected chi connectivity index (χ2v) is 5.91. The van der Waals surface area contributed by atoms with Gasteiger partial charge in [-0.25, -0.2) is 0 Å². The van der Waals surface area contributed by atoms with Crippen molar-refractivity contribution in [3.8, 4) is 0 Å². The average molecular weight is 247 g/mol. The van der Waals surface area contributed by atoms with Gasteiger partial charge in [-0.1, -0.05) is 44.2 Å². The Kier molecular flexibility index (Phi) is 4.41. The molecule has 1 saturated heterocycles. The maximum absolute atomic E-state index is 6.41. The summed E-state index contributed by atoms with van der Waals surface area (Å²) in [7, 11) is 0. The van der Waals surface area contributed by atoms with E-state index in [1.807, 2.05) is 0 Å². The molecule has 0 spiro atoms. The van der Waals surface area contributed by atoms with Crippen LogP contribution in [-0.4, -0.2) is 18.8 Å². The Morgan fingerprint density at radius 3 is 2.67 bits per heavy atom. The quantitative estimate of drug-likeness (QED) is 0.867. The van der Waals surface area contributed by atoms with E-state index in [-0.39, 0.29) is 11.5 Å². The van der Waals surface area contributed by atoms with E-state index in [0.29, 0.717) is 6.10 Å². The fraction of sp³-hybridized carbons (Fsp3) is 0.625. The maximum Gasteiger partial charge on any atom is 0.0576 e. The molecule has 2 rings (SSSR count). The average Bonchev–Trinajstić information content (AvgIpc) is 2.90. The summed E-state index contributed by atoms with van der Waals surface area (Å²) in [6.45, 7) is 5.41. The van der Waals surface area contributed by atoms with Crippen LogP contribution in [0.15, 0.2) is 30.3 Å². The second-order valence-electron chi connectivity index (χ2n) is 5.91. The molecular weight excluding hydrogens is 222 g/mol. The van der Waals surface area contributed by atoms with Gasteiger partial charge in [-0.15, -0.1) is 0 Å². The predicted molar refractivity (Wildman–Crippen MR) is 75.7 cm³/mol. The molecule has 18 heavy (non-hydrogen) atoms. The zero-order chi connectivity index (χ0) is 13.0. The molecule has 2 unspecified atom stereocenters. The second kappa shape index (κ2) is 5.85. The summed E-state index contributed by atoms with van der Waals surface area (Å²) in [6.07, 6.45) is 4.99. The number of benzene rings is 1. The molecule has 2 N–H and O–H groups in total. The molecule has 2 nitrogen and oxygen atoms in total. The van der Waals surface area contributed by atoms with Crippen molar-refractivity contribution in [1.82, 2.24) is 0 Å². The third kappa shape index (κ3) is 3.12. The zero-order valence-electron chi connectivity index (χ0n) is 11.6. The summed E-state index contributed by atoms with van der Waals surface area (Å²) < 4.78 is 5.67. The van der Waals surface area contributed by atoms with Crippen molar-refractivity contribution in [2.24, 2.45) is 5.73 Å². The van der Waals surface area contributed by atoms with E-state index in [0.717, 1.165) is 19.4 Å². The van der Waals surface area contributed by atoms with Gasteiger partial charge in [-0.05, 0) is 31.2 Å². The van der Waals surface area contributed by atoms with E-state index < -0.39 is 0 Å². The Bertz CT molecular complexity index is 355. The van der Waals surface area contributed by atoms with Crippen LogP contribution in [0.3, 0.4) is 0 Å². The Morgan fingerprint density at radius 1 is 1.33 bits per heavy atom. The number of nitrogens with two attached hydrogens (primary N) is 1. The van der Waals surface area contributed by atoms with Crippen molar-refractivity contribution in [1.29, 1.82) is 0 Å². The van der Waals surface area contributed by atoms with Crippen molar-refractivity contribution in [3.63, 3.8) is 0 Å². The minimum absolute atomic E-state index is 0.0276. The van der Waals surface area contributed by atoms with E-state index in [4.69, 9.17) is 10.5 Å². The van der Waals surface area contributed by atoms with Crippen LogP contribution in [0.2, 0.25) is 0 Å². The van der Waals surface area contributed by atoms with Crippen LogP contribution in [0.5, 0.6) is 0 Å². The number of hydrogen-bond donors (Lipinski definition) is 1. The summed E-state index contributed by atoms with van der Waals surface area (Å²) in [6, 6.07) is 10.8. The number of hydrogen-bond acceptors (Lipinski definition) is 2. The molecule has 100 valence electrons. The molecule has 1 aliphatic heterocycles. The summed E-state index contributed by atoms with van der Waals surface area (Å²) in [5.74, 6) is 0. The highest BCUT2D eigenvalue weighted by Gasteiger charge is 2.29. The van der Waals surface area contributed by atoms with Crippen LogP contribution in [0.25, 0.3) is 0 Å². The molecule has 1 aliphatic rings. The first-order valence-corrected chi connectivity index (χ1v) is 7.03. The van der Waals surface area contributed by atoms with Crippen molar-refractivity contribution >= 4 is 0 Å². The molecule has 0 amide bonds. The lowest BCUT2D eigenvalue weighted by atomic mass is 9.76. The first-order valence-electron chi connectivity index (χ1n) is 7.03. The minimum atomic E-state index is 0.0276. The van der Waals surface area contributed by atoms with E-state index in [2.05, 4.69) is 44.2 Å². The van der Waals surface area contributed by atoms with Gasteiger partial charge < -0.3 is 10.5 Å². The SMILES string of the molecule is CC(C)(c1ccccc1)C(N)CCC1CCCO1. The third-order valence-corrected chi connectivity index (χ3v) is 4.27. The number of rotatable bonds is 5. The molecule has 0 radical (unpaired) electrons. The van der Waals surface area contributed by atoms with Crippen molar-refractivity contribution in [2.75, 3.05) is 6.61 Å². The lowest BCUT2D eigenvalue weighted by Gasteiger charge is -2.33. The van der Waals surface area contributed by atoms with Gasteiger partial charge in [-0.3, -0.25) is 0 Å². The van der Waals surface area contributed by atoms with E-state index >= 15 is 0 Å². The summed E-state index contributed by atoms with van der Waals surface area (Å²) in [5.41, 5.74) is 7.76.